The van der Waals surface area contributed by atoms with Gasteiger partial charge in [-0.1, -0.05) is 13.8 Å². The fraction of sp³-hybridized carbons (Fsp3) is 1.00. The van der Waals surface area contributed by atoms with Crippen LogP contribution in [0.5, 0.6) is 0 Å². The second-order valence-corrected chi connectivity index (χ2v) is 6.65. The Morgan fingerprint density at radius 1 is 1.18 bits per heavy atom. The van der Waals surface area contributed by atoms with Crippen LogP contribution in [0.15, 0.2) is 0 Å². The van der Waals surface area contributed by atoms with Crippen molar-refractivity contribution in [3.8, 4) is 0 Å². The van der Waals surface area contributed by atoms with Crippen molar-refractivity contribution in [1.82, 2.24) is 5.32 Å². The van der Waals surface area contributed by atoms with Gasteiger partial charge in [0.25, 0.3) is 0 Å². The second-order valence-electron chi connectivity index (χ2n) is 6.65. The molecule has 0 aromatic rings. The molecule has 0 radical (unpaired) electrons. The predicted octanol–water partition coefficient (Wildman–Crippen LogP) is 2.16. The molecule has 0 bridgehead atoms. The molecule has 0 aromatic heterocycles. The Hall–Kier alpha value is -0.120. The van der Waals surface area contributed by atoms with Gasteiger partial charge in [-0.2, -0.15) is 0 Å². The van der Waals surface area contributed by atoms with Crippen LogP contribution in [0, 0.1) is 11.3 Å². The minimum absolute atomic E-state index is 0.150. The lowest BCUT2D eigenvalue weighted by Crippen LogP contribution is -2.48. The third-order valence-corrected chi connectivity index (χ3v) is 4.12. The van der Waals surface area contributed by atoms with Crippen LogP contribution in [0.4, 0.5) is 0 Å². The second kappa shape index (κ2) is 6.17. The normalized spacial score (nSPS) is 19.6. The van der Waals surface area contributed by atoms with Gasteiger partial charge in [-0.25, -0.2) is 0 Å². The van der Waals surface area contributed by atoms with E-state index in [4.69, 9.17) is 10.5 Å². The Morgan fingerprint density at radius 3 is 2.29 bits per heavy atom. The summed E-state index contributed by atoms with van der Waals surface area (Å²) in [6.45, 7) is 12.9. The van der Waals surface area contributed by atoms with Crippen LogP contribution in [-0.2, 0) is 4.74 Å². The van der Waals surface area contributed by atoms with E-state index in [9.17, 15) is 0 Å². The molecule has 3 N–H and O–H groups in total. The molecule has 3 heteroatoms. The van der Waals surface area contributed by atoms with Crippen LogP contribution in [-0.4, -0.2) is 31.8 Å². The summed E-state index contributed by atoms with van der Waals surface area (Å²) in [5, 5.41) is 3.68. The van der Waals surface area contributed by atoms with E-state index in [-0.39, 0.29) is 5.54 Å². The van der Waals surface area contributed by atoms with Crippen LogP contribution < -0.4 is 11.1 Å². The zero-order valence-electron chi connectivity index (χ0n) is 12.0. The SMILES string of the molecule is CC(C)(CCN)NCC(C)(C)C1CCOCC1. The van der Waals surface area contributed by atoms with E-state index >= 15 is 0 Å². The highest BCUT2D eigenvalue weighted by atomic mass is 16.5. The maximum Gasteiger partial charge on any atom is 0.0468 e. The molecule has 1 aliphatic heterocycles. The zero-order chi connectivity index (χ0) is 12.9. The van der Waals surface area contributed by atoms with Gasteiger partial charge in [0.1, 0.15) is 0 Å². The van der Waals surface area contributed by atoms with E-state index in [0.717, 1.165) is 38.6 Å². The first-order valence-corrected chi connectivity index (χ1v) is 6.90. The van der Waals surface area contributed by atoms with Gasteiger partial charge in [-0.3, -0.25) is 0 Å². The molecule has 0 aliphatic carbocycles. The minimum Gasteiger partial charge on any atom is -0.381 e. The summed E-state index contributed by atoms with van der Waals surface area (Å²) in [5.74, 6) is 0.775. The van der Waals surface area contributed by atoms with Gasteiger partial charge in [-0.05, 0) is 51.0 Å². The van der Waals surface area contributed by atoms with Crippen LogP contribution in [0.2, 0.25) is 0 Å². The highest BCUT2D eigenvalue weighted by molar-refractivity contribution is 4.86. The van der Waals surface area contributed by atoms with E-state index in [0.29, 0.717) is 5.41 Å². The van der Waals surface area contributed by atoms with Crippen molar-refractivity contribution in [2.24, 2.45) is 17.1 Å². The molecular formula is C14H30N2O. The molecule has 3 nitrogen and oxygen atoms in total. The molecule has 17 heavy (non-hydrogen) atoms. The molecule has 0 spiro atoms. The van der Waals surface area contributed by atoms with Gasteiger partial charge < -0.3 is 15.8 Å². The van der Waals surface area contributed by atoms with Crippen molar-refractivity contribution in [2.75, 3.05) is 26.3 Å². The van der Waals surface area contributed by atoms with Crippen LogP contribution in [0.1, 0.15) is 47.0 Å². The van der Waals surface area contributed by atoms with Gasteiger partial charge in [0.2, 0.25) is 0 Å². The average Bonchev–Trinajstić information content (AvgIpc) is 2.28. The number of ether oxygens (including phenoxy) is 1. The Labute approximate surface area is 106 Å². The maximum absolute atomic E-state index is 5.64. The summed E-state index contributed by atoms with van der Waals surface area (Å²) >= 11 is 0. The Morgan fingerprint density at radius 2 is 1.76 bits per heavy atom. The lowest BCUT2D eigenvalue weighted by Gasteiger charge is -2.40. The monoisotopic (exact) mass is 242 g/mol. The van der Waals surface area contributed by atoms with E-state index in [1.165, 1.54) is 12.8 Å². The third kappa shape index (κ3) is 4.94. The summed E-state index contributed by atoms with van der Waals surface area (Å²) in [7, 11) is 0. The van der Waals surface area contributed by atoms with Crippen molar-refractivity contribution in [3.63, 3.8) is 0 Å². The summed E-state index contributed by atoms with van der Waals surface area (Å²) in [6, 6.07) is 0. The highest BCUT2D eigenvalue weighted by Crippen LogP contribution is 2.34. The van der Waals surface area contributed by atoms with Gasteiger partial charge in [0.15, 0.2) is 0 Å². The van der Waals surface area contributed by atoms with Crippen molar-refractivity contribution >= 4 is 0 Å². The topological polar surface area (TPSA) is 47.3 Å². The zero-order valence-corrected chi connectivity index (χ0v) is 12.0. The standard InChI is InChI=1S/C14H30N2O/c1-13(2,12-5-9-17-10-6-12)11-16-14(3,4)7-8-15/h12,16H,5-11,15H2,1-4H3. The van der Waals surface area contributed by atoms with Gasteiger partial charge in [-0.15, -0.1) is 0 Å². The number of nitrogens with two attached hydrogens (primary N) is 1. The first-order valence-electron chi connectivity index (χ1n) is 6.90. The molecule has 0 amide bonds. The van der Waals surface area contributed by atoms with Crippen molar-refractivity contribution < 1.29 is 4.74 Å². The first-order chi connectivity index (χ1) is 7.87. The molecule has 0 aromatic carbocycles. The summed E-state index contributed by atoms with van der Waals surface area (Å²) < 4.78 is 5.44. The molecule has 0 unspecified atom stereocenters. The summed E-state index contributed by atoms with van der Waals surface area (Å²) in [5.41, 5.74) is 6.13. The van der Waals surface area contributed by atoms with E-state index in [1.807, 2.05) is 0 Å². The number of nitrogens with one attached hydrogen (secondary N) is 1. The van der Waals surface area contributed by atoms with E-state index in [1.54, 1.807) is 0 Å². The molecule has 1 fully saturated rings. The van der Waals surface area contributed by atoms with Crippen molar-refractivity contribution in [2.45, 2.75) is 52.5 Å². The van der Waals surface area contributed by atoms with Gasteiger partial charge >= 0.3 is 0 Å². The van der Waals surface area contributed by atoms with Crippen LogP contribution in [0.25, 0.3) is 0 Å². The average molecular weight is 242 g/mol. The number of rotatable bonds is 6. The van der Waals surface area contributed by atoms with Crippen LogP contribution in [0.3, 0.4) is 0 Å². The maximum atomic E-state index is 5.64. The summed E-state index contributed by atoms with van der Waals surface area (Å²) in [4.78, 5) is 0. The highest BCUT2D eigenvalue weighted by Gasteiger charge is 2.32. The quantitative estimate of drug-likeness (QED) is 0.750. The summed E-state index contributed by atoms with van der Waals surface area (Å²) in [6.07, 6.45) is 3.43. The lowest BCUT2D eigenvalue weighted by molar-refractivity contribution is 0.0205. The lowest BCUT2D eigenvalue weighted by atomic mass is 9.74. The first kappa shape index (κ1) is 14.9. The Kier molecular flexibility index (Phi) is 5.42. The molecule has 1 heterocycles. The van der Waals surface area contributed by atoms with Crippen molar-refractivity contribution in [1.29, 1.82) is 0 Å². The van der Waals surface area contributed by atoms with Gasteiger partial charge in [0.05, 0.1) is 0 Å². The molecule has 102 valence electrons. The fourth-order valence-electron chi connectivity index (χ4n) is 2.54. The van der Waals surface area contributed by atoms with E-state index in [2.05, 4.69) is 33.0 Å². The number of hydrogen-bond donors (Lipinski definition) is 2. The third-order valence-electron chi connectivity index (χ3n) is 4.12. The molecule has 0 atom stereocenters. The predicted molar refractivity (Wildman–Crippen MR) is 73.1 cm³/mol. The molecular weight excluding hydrogens is 212 g/mol. The minimum atomic E-state index is 0.150. The largest absolute Gasteiger partial charge is 0.381 e. The smallest absolute Gasteiger partial charge is 0.0468 e. The molecule has 1 aliphatic rings. The van der Waals surface area contributed by atoms with E-state index < -0.39 is 0 Å². The molecule has 0 saturated carbocycles. The van der Waals surface area contributed by atoms with Crippen molar-refractivity contribution in [3.05, 3.63) is 0 Å². The fourth-order valence-corrected chi connectivity index (χ4v) is 2.54. The molecule has 1 rings (SSSR count). The molecule has 1 saturated heterocycles. The Bertz CT molecular complexity index is 220. The van der Waals surface area contributed by atoms with Gasteiger partial charge in [0, 0.05) is 25.3 Å². The Balaban J connectivity index is 2.42. The number of hydrogen-bond acceptors (Lipinski definition) is 3. The van der Waals surface area contributed by atoms with Crippen LogP contribution >= 0.6 is 0 Å².